The summed E-state index contributed by atoms with van der Waals surface area (Å²) in [6.07, 6.45) is 1.56. The smallest absolute Gasteiger partial charge is 0.266 e. The Balaban J connectivity index is 1.58. The molecule has 7 heteroatoms. The number of carbonyl (C=O) groups is 1. The van der Waals surface area contributed by atoms with Gasteiger partial charge in [0.15, 0.2) is 0 Å². The maximum absolute atomic E-state index is 12.7. The number of carbonyl (C=O) groups excluding carboxylic acids is 1. The van der Waals surface area contributed by atoms with Gasteiger partial charge in [0.25, 0.3) is 5.91 Å². The molecule has 2 aromatic rings. The van der Waals surface area contributed by atoms with Crippen LogP contribution in [0, 0.1) is 20.8 Å². The number of rotatable bonds is 4. The van der Waals surface area contributed by atoms with Crippen molar-refractivity contribution in [2.45, 2.75) is 26.9 Å². The Bertz CT molecular complexity index is 714. The zero-order valence-corrected chi connectivity index (χ0v) is 14.9. The van der Waals surface area contributed by atoms with Crippen LogP contribution >= 0.6 is 11.3 Å². The van der Waals surface area contributed by atoms with E-state index in [9.17, 15) is 4.79 Å². The summed E-state index contributed by atoms with van der Waals surface area (Å²) in [5.74, 6) is 0.741. The maximum Gasteiger partial charge on any atom is 0.266 e. The minimum atomic E-state index is -0.140. The largest absolute Gasteiger partial charge is 0.489 e. The van der Waals surface area contributed by atoms with Gasteiger partial charge in [0.1, 0.15) is 23.3 Å². The summed E-state index contributed by atoms with van der Waals surface area (Å²) >= 11 is 1.45. The standard InChI is InChI=1S/C17H21N3O3S/c1-11-4-5-14(8-18-11)23-10-15-9-20(6-7-22-15)17(21)16-12(2)19-13(3)24-16/h4-5,8,15H,6-7,9-10H2,1-3H3. The van der Waals surface area contributed by atoms with Gasteiger partial charge >= 0.3 is 0 Å². The number of amides is 1. The van der Waals surface area contributed by atoms with E-state index >= 15 is 0 Å². The van der Waals surface area contributed by atoms with Gasteiger partial charge in [-0.2, -0.15) is 0 Å². The molecule has 1 saturated heterocycles. The zero-order valence-electron chi connectivity index (χ0n) is 14.1. The summed E-state index contributed by atoms with van der Waals surface area (Å²) < 4.78 is 11.5. The molecule has 1 unspecified atom stereocenters. The van der Waals surface area contributed by atoms with Crippen LogP contribution in [0.25, 0.3) is 0 Å². The SMILES string of the molecule is Cc1ccc(OCC2CN(C(=O)c3sc(C)nc3C)CCO2)cn1. The number of morpholine rings is 1. The van der Waals surface area contributed by atoms with Crippen LogP contribution in [-0.2, 0) is 4.74 Å². The molecule has 0 saturated carbocycles. The minimum Gasteiger partial charge on any atom is -0.489 e. The number of aryl methyl sites for hydroxylation is 3. The summed E-state index contributed by atoms with van der Waals surface area (Å²) in [6.45, 7) is 7.76. The van der Waals surface area contributed by atoms with Crippen molar-refractivity contribution in [3.05, 3.63) is 39.6 Å². The number of nitrogens with zero attached hydrogens (tertiary/aromatic N) is 3. The molecule has 1 aliphatic rings. The molecule has 1 atom stereocenters. The zero-order chi connectivity index (χ0) is 17.1. The van der Waals surface area contributed by atoms with E-state index in [-0.39, 0.29) is 12.0 Å². The van der Waals surface area contributed by atoms with E-state index in [1.54, 1.807) is 6.20 Å². The van der Waals surface area contributed by atoms with Crippen LogP contribution in [0.1, 0.15) is 26.1 Å². The number of hydrogen-bond donors (Lipinski definition) is 0. The van der Waals surface area contributed by atoms with Gasteiger partial charge in [-0.3, -0.25) is 9.78 Å². The first-order valence-electron chi connectivity index (χ1n) is 7.93. The molecule has 24 heavy (non-hydrogen) atoms. The van der Waals surface area contributed by atoms with Crippen LogP contribution in [0.5, 0.6) is 5.75 Å². The Labute approximate surface area is 145 Å². The predicted molar refractivity (Wildman–Crippen MR) is 91.7 cm³/mol. The Kier molecular flexibility index (Phi) is 5.11. The molecule has 0 aromatic carbocycles. The molecule has 0 bridgehead atoms. The van der Waals surface area contributed by atoms with Gasteiger partial charge in [-0.05, 0) is 32.9 Å². The van der Waals surface area contributed by atoms with Crippen LogP contribution in [0.2, 0.25) is 0 Å². The highest BCUT2D eigenvalue weighted by Crippen LogP contribution is 2.21. The summed E-state index contributed by atoms with van der Waals surface area (Å²) in [7, 11) is 0. The molecule has 3 heterocycles. The lowest BCUT2D eigenvalue weighted by Crippen LogP contribution is -2.47. The van der Waals surface area contributed by atoms with Gasteiger partial charge in [0, 0.05) is 12.2 Å². The second-order valence-electron chi connectivity index (χ2n) is 5.84. The summed E-state index contributed by atoms with van der Waals surface area (Å²) in [4.78, 5) is 23.8. The molecule has 1 fully saturated rings. The number of ether oxygens (including phenoxy) is 2. The number of pyridine rings is 1. The fourth-order valence-electron chi connectivity index (χ4n) is 2.61. The van der Waals surface area contributed by atoms with Crippen LogP contribution in [-0.4, -0.2) is 53.2 Å². The molecule has 1 aliphatic heterocycles. The Morgan fingerprint density at radius 2 is 2.25 bits per heavy atom. The van der Waals surface area contributed by atoms with Gasteiger partial charge in [0.05, 0.1) is 30.1 Å². The van der Waals surface area contributed by atoms with Crippen molar-refractivity contribution in [1.29, 1.82) is 0 Å². The van der Waals surface area contributed by atoms with Crippen molar-refractivity contribution in [3.63, 3.8) is 0 Å². The second-order valence-corrected chi connectivity index (χ2v) is 7.04. The van der Waals surface area contributed by atoms with E-state index in [4.69, 9.17) is 9.47 Å². The lowest BCUT2D eigenvalue weighted by Gasteiger charge is -2.32. The first kappa shape index (κ1) is 16.9. The van der Waals surface area contributed by atoms with Gasteiger partial charge in [0.2, 0.25) is 0 Å². The molecular formula is C17H21N3O3S. The van der Waals surface area contributed by atoms with Crippen molar-refractivity contribution in [2.24, 2.45) is 0 Å². The lowest BCUT2D eigenvalue weighted by molar-refractivity contribution is -0.0400. The van der Waals surface area contributed by atoms with E-state index in [2.05, 4.69) is 9.97 Å². The fourth-order valence-corrected chi connectivity index (χ4v) is 3.49. The molecular weight excluding hydrogens is 326 g/mol. The number of thiazole rings is 1. The third-order valence-corrected chi connectivity index (χ3v) is 4.90. The second kappa shape index (κ2) is 7.27. The molecule has 3 rings (SSSR count). The summed E-state index contributed by atoms with van der Waals surface area (Å²) in [6, 6.07) is 3.79. The molecule has 0 spiro atoms. The van der Waals surface area contributed by atoms with Crippen LogP contribution in [0.15, 0.2) is 18.3 Å². The predicted octanol–water partition coefficient (Wildman–Crippen LogP) is 2.38. The first-order valence-corrected chi connectivity index (χ1v) is 8.75. The monoisotopic (exact) mass is 347 g/mol. The highest BCUT2D eigenvalue weighted by atomic mass is 32.1. The number of hydrogen-bond acceptors (Lipinski definition) is 6. The first-order chi connectivity index (χ1) is 11.5. The van der Waals surface area contributed by atoms with Crippen LogP contribution in [0.3, 0.4) is 0 Å². The molecule has 0 N–H and O–H groups in total. The topological polar surface area (TPSA) is 64.5 Å². The highest BCUT2D eigenvalue weighted by molar-refractivity contribution is 7.13. The van der Waals surface area contributed by atoms with Crippen molar-refractivity contribution >= 4 is 17.2 Å². The molecule has 0 aliphatic carbocycles. The molecule has 0 radical (unpaired) electrons. The van der Waals surface area contributed by atoms with Gasteiger partial charge in [-0.25, -0.2) is 4.98 Å². The summed E-state index contributed by atoms with van der Waals surface area (Å²) in [5, 5.41) is 0.913. The third-order valence-electron chi connectivity index (χ3n) is 3.84. The Morgan fingerprint density at radius 1 is 1.42 bits per heavy atom. The average Bonchev–Trinajstić information content (AvgIpc) is 2.92. The van der Waals surface area contributed by atoms with E-state index in [0.717, 1.165) is 21.3 Å². The van der Waals surface area contributed by atoms with E-state index in [1.165, 1.54) is 11.3 Å². The summed E-state index contributed by atoms with van der Waals surface area (Å²) in [5.41, 5.74) is 1.75. The maximum atomic E-state index is 12.7. The Morgan fingerprint density at radius 3 is 2.92 bits per heavy atom. The molecule has 6 nitrogen and oxygen atoms in total. The van der Waals surface area contributed by atoms with Gasteiger partial charge in [-0.15, -0.1) is 11.3 Å². The van der Waals surface area contributed by atoms with E-state index in [1.807, 2.05) is 37.8 Å². The van der Waals surface area contributed by atoms with Crippen molar-refractivity contribution in [2.75, 3.05) is 26.3 Å². The van der Waals surface area contributed by atoms with Crippen molar-refractivity contribution in [3.8, 4) is 5.75 Å². The van der Waals surface area contributed by atoms with Crippen LogP contribution < -0.4 is 4.74 Å². The van der Waals surface area contributed by atoms with E-state index < -0.39 is 0 Å². The van der Waals surface area contributed by atoms with Crippen LogP contribution in [0.4, 0.5) is 0 Å². The van der Waals surface area contributed by atoms with Crippen molar-refractivity contribution in [1.82, 2.24) is 14.9 Å². The molecule has 128 valence electrons. The fraction of sp³-hybridized carbons (Fsp3) is 0.471. The molecule has 2 aromatic heterocycles. The van der Waals surface area contributed by atoms with Crippen molar-refractivity contribution < 1.29 is 14.3 Å². The quantitative estimate of drug-likeness (QED) is 0.850. The normalized spacial score (nSPS) is 17.8. The van der Waals surface area contributed by atoms with Gasteiger partial charge in [-0.1, -0.05) is 0 Å². The van der Waals surface area contributed by atoms with E-state index in [0.29, 0.717) is 32.1 Å². The van der Waals surface area contributed by atoms with Gasteiger partial charge < -0.3 is 14.4 Å². The minimum absolute atomic E-state index is 0.0309. The third kappa shape index (κ3) is 3.91. The average molecular weight is 347 g/mol. The lowest BCUT2D eigenvalue weighted by atomic mass is 10.2. The number of aromatic nitrogens is 2. The highest BCUT2D eigenvalue weighted by Gasteiger charge is 2.27. The Hall–Kier alpha value is -1.99. The molecule has 1 amide bonds.